The molecule has 0 atom stereocenters. The van der Waals surface area contributed by atoms with E-state index in [4.69, 9.17) is 9.15 Å². The molecule has 2 amide bonds. The lowest BCUT2D eigenvalue weighted by molar-refractivity contribution is -0.130. The van der Waals surface area contributed by atoms with E-state index in [9.17, 15) is 9.59 Å². The first-order chi connectivity index (χ1) is 11.5. The Morgan fingerprint density at radius 3 is 2.46 bits per heavy atom. The van der Waals surface area contributed by atoms with Gasteiger partial charge in [0.05, 0.1) is 13.7 Å². The number of carbonyl (C=O) groups is 2. The topological polar surface area (TPSA) is 71.8 Å². The monoisotopic (exact) mass is 394 g/mol. The molecule has 1 N–H and O–H groups in total. The van der Waals surface area contributed by atoms with E-state index >= 15 is 0 Å². The fraction of sp³-hybridized carbons (Fsp3) is 0.294. The minimum Gasteiger partial charge on any atom is -0.497 e. The Morgan fingerprint density at radius 2 is 1.92 bits per heavy atom. The summed E-state index contributed by atoms with van der Waals surface area (Å²) < 4.78 is 10.7. The van der Waals surface area contributed by atoms with Crippen LogP contribution in [0.15, 0.2) is 45.5 Å². The van der Waals surface area contributed by atoms with Crippen molar-refractivity contribution >= 4 is 27.7 Å². The summed E-state index contributed by atoms with van der Waals surface area (Å²) in [6.07, 6.45) is 0. The van der Waals surface area contributed by atoms with Gasteiger partial charge in [0.2, 0.25) is 5.91 Å². The fourth-order valence-electron chi connectivity index (χ4n) is 2.12. The lowest BCUT2D eigenvalue weighted by atomic mass is 10.2. The van der Waals surface area contributed by atoms with Crippen LogP contribution in [-0.4, -0.2) is 36.9 Å². The number of furan rings is 1. The van der Waals surface area contributed by atoms with Crippen molar-refractivity contribution in [2.24, 2.45) is 0 Å². The Kier molecular flexibility index (Phi) is 6.43. The third-order valence-corrected chi connectivity index (χ3v) is 3.89. The van der Waals surface area contributed by atoms with Crippen molar-refractivity contribution in [2.45, 2.75) is 13.5 Å². The van der Waals surface area contributed by atoms with E-state index in [0.717, 1.165) is 11.3 Å². The van der Waals surface area contributed by atoms with Crippen molar-refractivity contribution < 1.29 is 18.7 Å². The average Bonchev–Trinajstić information content (AvgIpc) is 3.04. The second kappa shape index (κ2) is 8.54. The predicted molar refractivity (Wildman–Crippen MR) is 92.8 cm³/mol. The molecular weight excluding hydrogens is 376 g/mol. The molecule has 0 saturated heterocycles. The van der Waals surface area contributed by atoms with Gasteiger partial charge in [-0.1, -0.05) is 12.1 Å². The van der Waals surface area contributed by atoms with Crippen molar-refractivity contribution in [3.05, 3.63) is 52.4 Å². The summed E-state index contributed by atoms with van der Waals surface area (Å²) in [5, 5.41) is 2.57. The van der Waals surface area contributed by atoms with Crippen LogP contribution in [0.5, 0.6) is 5.75 Å². The molecule has 0 bridgehead atoms. The number of amides is 2. The standard InChI is InChI=1S/C17H19BrN2O4/c1-3-20(11-12-4-6-13(23-2)7-5-12)16(21)10-19-17(22)14-8-9-15(18)24-14/h4-9H,3,10-11H2,1-2H3,(H,19,22). The van der Waals surface area contributed by atoms with Gasteiger partial charge in [0, 0.05) is 13.1 Å². The van der Waals surface area contributed by atoms with Gasteiger partial charge >= 0.3 is 0 Å². The molecule has 1 aromatic heterocycles. The lowest BCUT2D eigenvalue weighted by Crippen LogP contribution is -2.39. The highest BCUT2D eigenvalue weighted by molar-refractivity contribution is 9.10. The minimum atomic E-state index is -0.422. The van der Waals surface area contributed by atoms with Crippen LogP contribution in [0, 0.1) is 0 Å². The summed E-state index contributed by atoms with van der Waals surface area (Å²) in [7, 11) is 1.61. The molecule has 6 nitrogen and oxygen atoms in total. The summed E-state index contributed by atoms with van der Waals surface area (Å²) in [6, 6.07) is 10.7. The number of benzene rings is 1. The third kappa shape index (κ3) is 4.86. The lowest BCUT2D eigenvalue weighted by Gasteiger charge is -2.21. The molecule has 0 unspecified atom stereocenters. The summed E-state index contributed by atoms with van der Waals surface area (Å²) in [5.41, 5.74) is 0.993. The second-order valence-electron chi connectivity index (χ2n) is 5.04. The number of ether oxygens (including phenoxy) is 1. The summed E-state index contributed by atoms with van der Waals surface area (Å²) in [5.74, 6) is 0.347. The quantitative estimate of drug-likeness (QED) is 0.783. The van der Waals surface area contributed by atoms with Gasteiger partial charge in [-0.2, -0.15) is 0 Å². The number of rotatable bonds is 7. The minimum absolute atomic E-state index is 0.0822. The van der Waals surface area contributed by atoms with Crippen LogP contribution in [0.4, 0.5) is 0 Å². The molecule has 0 aliphatic carbocycles. The molecule has 128 valence electrons. The number of likely N-dealkylation sites (N-methyl/N-ethyl adjacent to an activating group) is 1. The zero-order valence-electron chi connectivity index (χ0n) is 13.5. The molecule has 0 aliphatic rings. The first kappa shape index (κ1) is 18.1. The number of hydrogen-bond acceptors (Lipinski definition) is 4. The largest absolute Gasteiger partial charge is 0.497 e. The van der Waals surface area contributed by atoms with Crippen LogP contribution in [-0.2, 0) is 11.3 Å². The van der Waals surface area contributed by atoms with E-state index in [0.29, 0.717) is 17.8 Å². The Hall–Kier alpha value is -2.28. The molecule has 2 rings (SSSR count). The SMILES string of the molecule is CCN(Cc1ccc(OC)cc1)C(=O)CNC(=O)c1ccc(Br)o1. The van der Waals surface area contributed by atoms with Crippen molar-refractivity contribution in [1.29, 1.82) is 0 Å². The number of hydrogen-bond donors (Lipinski definition) is 1. The Labute approximate surface area is 148 Å². The average molecular weight is 395 g/mol. The molecule has 0 fully saturated rings. The maximum Gasteiger partial charge on any atom is 0.287 e. The maximum absolute atomic E-state index is 12.3. The third-order valence-electron chi connectivity index (χ3n) is 3.46. The Balaban J connectivity index is 1.89. The Bertz CT molecular complexity index is 697. The van der Waals surface area contributed by atoms with Crippen LogP contribution >= 0.6 is 15.9 Å². The van der Waals surface area contributed by atoms with Crippen LogP contribution in [0.2, 0.25) is 0 Å². The predicted octanol–water partition coefficient (Wildman–Crippen LogP) is 2.83. The molecule has 0 saturated carbocycles. The van der Waals surface area contributed by atoms with E-state index in [-0.39, 0.29) is 18.2 Å². The molecule has 2 aromatic rings. The van der Waals surface area contributed by atoms with Crippen molar-refractivity contribution in [1.82, 2.24) is 10.2 Å². The van der Waals surface area contributed by atoms with Crippen LogP contribution < -0.4 is 10.1 Å². The normalized spacial score (nSPS) is 10.3. The molecule has 0 aliphatic heterocycles. The van der Waals surface area contributed by atoms with Crippen LogP contribution in [0.3, 0.4) is 0 Å². The van der Waals surface area contributed by atoms with E-state index < -0.39 is 5.91 Å². The van der Waals surface area contributed by atoms with E-state index in [2.05, 4.69) is 21.2 Å². The van der Waals surface area contributed by atoms with Crippen molar-refractivity contribution in [2.75, 3.05) is 20.2 Å². The highest BCUT2D eigenvalue weighted by Crippen LogP contribution is 2.14. The Morgan fingerprint density at radius 1 is 1.21 bits per heavy atom. The number of halogens is 1. The van der Waals surface area contributed by atoms with Crippen molar-refractivity contribution in [3.63, 3.8) is 0 Å². The highest BCUT2D eigenvalue weighted by atomic mass is 79.9. The van der Waals surface area contributed by atoms with E-state index in [1.807, 2.05) is 31.2 Å². The molecule has 0 spiro atoms. The maximum atomic E-state index is 12.3. The number of nitrogens with one attached hydrogen (secondary N) is 1. The van der Waals surface area contributed by atoms with Crippen molar-refractivity contribution in [3.8, 4) is 5.75 Å². The van der Waals surface area contributed by atoms with Gasteiger partial charge in [-0.25, -0.2) is 0 Å². The summed E-state index contributed by atoms with van der Waals surface area (Å²) in [6.45, 7) is 2.84. The first-order valence-electron chi connectivity index (χ1n) is 7.47. The molecular formula is C17H19BrN2O4. The van der Waals surface area contributed by atoms with Gasteiger partial charge in [-0.15, -0.1) is 0 Å². The first-order valence-corrected chi connectivity index (χ1v) is 8.27. The van der Waals surface area contributed by atoms with Gasteiger partial charge in [-0.05, 0) is 52.7 Å². The summed E-state index contributed by atoms with van der Waals surface area (Å²) >= 11 is 3.13. The molecule has 24 heavy (non-hydrogen) atoms. The van der Waals surface area contributed by atoms with Gasteiger partial charge in [0.15, 0.2) is 10.4 Å². The molecule has 0 radical (unpaired) electrons. The summed E-state index contributed by atoms with van der Waals surface area (Å²) in [4.78, 5) is 25.8. The molecule has 1 heterocycles. The van der Waals surface area contributed by atoms with Crippen LogP contribution in [0.25, 0.3) is 0 Å². The zero-order chi connectivity index (χ0) is 17.5. The second-order valence-corrected chi connectivity index (χ2v) is 5.82. The number of methoxy groups -OCH3 is 1. The number of carbonyl (C=O) groups excluding carboxylic acids is 2. The van der Waals surface area contributed by atoms with Gasteiger partial charge in [-0.3, -0.25) is 9.59 Å². The van der Waals surface area contributed by atoms with Gasteiger partial charge < -0.3 is 19.4 Å². The number of nitrogens with zero attached hydrogens (tertiary/aromatic N) is 1. The highest BCUT2D eigenvalue weighted by Gasteiger charge is 2.16. The van der Waals surface area contributed by atoms with Gasteiger partial charge in [0.1, 0.15) is 5.75 Å². The molecule has 7 heteroatoms. The smallest absolute Gasteiger partial charge is 0.287 e. The van der Waals surface area contributed by atoms with E-state index in [1.54, 1.807) is 24.1 Å². The fourth-order valence-corrected chi connectivity index (χ4v) is 2.43. The van der Waals surface area contributed by atoms with E-state index in [1.165, 1.54) is 0 Å². The van der Waals surface area contributed by atoms with Crippen LogP contribution in [0.1, 0.15) is 23.0 Å². The zero-order valence-corrected chi connectivity index (χ0v) is 15.1. The van der Waals surface area contributed by atoms with Gasteiger partial charge in [0.25, 0.3) is 5.91 Å². The molecule has 1 aromatic carbocycles.